The number of hydrogen-bond acceptors (Lipinski definition) is 2. The predicted octanol–water partition coefficient (Wildman–Crippen LogP) is 3.01. The fourth-order valence-electron chi connectivity index (χ4n) is 1.86. The van der Waals surface area contributed by atoms with E-state index < -0.39 is 5.97 Å². The second-order valence-corrected chi connectivity index (χ2v) is 4.44. The first-order chi connectivity index (χ1) is 9.50. The van der Waals surface area contributed by atoms with Crippen LogP contribution in [0.4, 0.5) is 5.69 Å². The fraction of sp³-hybridized carbons (Fsp3) is 0. The van der Waals surface area contributed by atoms with E-state index in [4.69, 9.17) is 27.9 Å². The molecule has 0 unspecified atom stereocenters. The lowest BCUT2D eigenvalue weighted by atomic mass is 10.0. The van der Waals surface area contributed by atoms with Gasteiger partial charge in [-0.2, -0.15) is 0 Å². The minimum Gasteiger partial charge on any atom is -0.478 e. The van der Waals surface area contributed by atoms with Gasteiger partial charge in [-0.25, -0.2) is 4.79 Å². The quantitative estimate of drug-likeness (QED) is 0.515. The molecule has 0 saturated carbocycles. The molecule has 0 aromatic heterocycles. The summed E-state index contributed by atoms with van der Waals surface area (Å²) < 4.78 is 0. The highest BCUT2D eigenvalue weighted by atomic mass is 35.5. The topological polar surface area (TPSA) is 99.2 Å². The first-order valence-corrected chi connectivity index (χ1v) is 6.10. The molecule has 0 atom stereocenters. The molecule has 0 aliphatic heterocycles. The first-order valence-electron chi connectivity index (χ1n) is 5.73. The van der Waals surface area contributed by atoms with Gasteiger partial charge in [-0.1, -0.05) is 48.0 Å². The van der Waals surface area contributed by atoms with Crippen molar-refractivity contribution < 1.29 is 9.90 Å². The van der Waals surface area contributed by atoms with Crippen molar-refractivity contribution in [3.63, 3.8) is 0 Å². The summed E-state index contributed by atoms with van der Waals surface area (Å²) in [4.78, 5) is 11.1. The molecular formula is C14H12ClN3O2. The van der Waals surface area contributed by atoms with Crippen molar-refractivity contribution in [1.82, 2.24) is 0 Å². The number of aromatic carboxylic acids is 1. The van der Waals surface area contributed by atoms with E-state index in [1.54, 1.807) is 6.07 Å². The number of benzene rings is 2. The molecule has 0 aliphatic rings. The summed E-state index contributed by atoms with van der Waals surface area (Å²) in [6, 6.07) is 12.4. The molecule has 2 aromatic rings. The predicted molar refractivity (Wildman–Crippen MR) is 79.4 cm³/mol. The standard InChI is InChI=1S/C14H12ClN3O2/c15-11-10(13(19)20)7-6-9(12(11)18-14(16)17)8-4-2-1-3-5-8/h1-7H,(H,19,20)(H4,16,17,18). The normalized spacial score (nSPS) is 10.1. The Balaban J connectivity index is 2.66. The van der Waals surface area contributed by atoms with E-state index in [0.29, 0.717) is 11.3 Å². The molecule has 0 saturated heterocycles. The maximum absolute atomic E-state index is 11.1. The lowest BCUT2D eigenvalue weighted by Crippen LogP contribution is -2.21. The Morgan fingerprint density at radius 1 is 1.20 bits per heavy atom. The third-order valence-electron chi connectivity index (χ3n) is 2.72. The highest BCUT2D eigenvalue weighted by molar-refractivity contribution is 6.37. The van der Waals surface area contributed by atoms with Gasteiger partial charge in [-0.3, -0.25) is 5.41 Å². The molecular weight excluding hydrogens is 278 g/mol. The number of nitrogens with two attached hydrogens (primary N) is 1. The summed E-state index contributed by atoms with van der Waals surface area (Å²) in [5, 5.41) is 19.0. The van der Waals surface area contributed by atoms with Crippen LogP contribution in [0.1, 0.15) is 10.4 Å². The molecule has 0 aliphatic carbocycles. The molecule has 0 fully saturated rings. The van der Waals surface area contributed by atoms with Gasteiger partial charge in [0.05, 0.1) is 16.3 Å². The van der Waals surface area contributed by atoms with Gasteiger partial charge < -0.3 is 16.2 Å². The zero-order valence-electron chi connectivity index (χ0n) is 10.4. The minimum absolute atomic E-state index is 0.0223. The molecule has 5 N–H and O–H groups in total. The Labute approximate surface area is 120 Å². The van der Waals surface area contributed by atoms with Crippen LogP contribution < -0.4 is 11.1 Å². The number of nitrogens with one attached hydrogen (secondary N) is 2. The number of rotatable bonds is 3. The molecule has 2 aromatic carbocycles. The van der Waals surface area contributed by atoms with Gasteiger partial charge in [-0.15, -0.1) is 0 Å². The van der Waals surface area contributed by atoms with Crippen LogP contribution >= 0.6 is 11.6 Å². The highest BCUT2D eigenvalue weighted by Crippen LogP contribution is 2.36. The van der Waals surface area contributed by atoms with Gasteiger partial charge in [0, 0.05) is 5.56 Å². The molecule has 0 amide bonds. The largest absolute Gasteiger partial charge is 0.478 e. The van der Waals surface area contributed by atoms with Crippen molar-refractivity contribution in [2.24, 2.45) is 5.73 Å². The van der Waals surface area contributed by atoms with E-state index in [-0.39, 0.29) is 16.5 Å². The Morgan fingerprint density at radius 3 is 2.40 bits per heavy atom. The summed E-state index contributed by atoms with van der Waals surface area (Å²) in [6.07, 6.45) is 0. The van der Waals surface area contributed by atoms with Crippen LogP contribution in [0.2, 0.25) is 5.02 Å². The van der Waals surface area contributed by atoms with Gasteiger partial charge >= 0.3 is 5.97 Å². The van der Waals surface area contributed by atoms with Crippen molar-refractivity contribution in [3.8, 4) is 11.1 Å². The van der Waals surface area contributed by atoms with Crippen LogP contribution in [0.15, 0.2) is 42.5 Å². The second-order valence-electron chi connectivity index (χ2n) is 4.06. The van der Waals surface area contributed by atoms with Crippen molar-refractivity contribution in [1.29, 1.82) is 5.41 Å². The molecule has 0 radical (unpaired) electrons. The van der Waals surface area contributed by atoms with Crippen LogP contribution in [-0.2, 0) is 0 Å². The summed E-state index contributed by atoms with van der Waals surface area (Å²) in [5.74, 6) is -1.45. The van der Waals surface area contributed by atoms with Crippen molar-refractivity contribution >= 4 is 29.2 Å². The van der Waals surface area contributed by atoms with E-state index in [9.17, 15) is 4.79 Å². The summed E-state index contributed by atoms with van der Waals surface area (Å²) in [7, 11) is 0. The average Bonchev–Trinajstić information content (AvgIpc) is 2.41. The highest BCUT2D eigenvalue weighted by Gasteiger charge is 2.17. The van der Waals surface area contributed by atoms with Crippen molar-refractivity contribution in [2.45, 2.75) is 0 Å². The molecule has 0 heterocycles. The van der Waals surface area contributed by atoms with E-state index in [1.165, 1.54) is 6.07 Å². The summed E-state index contributed by atoms with van der Waals surface area (Å²) >= 11 is 6.11. The third-order valence-corrected chi connectivity index (χ3v) is 3.11. The number of guanidine groups is 1. The van der Waals surface area contributed by atoms with Gasteiger partial charge in [0.15, 0.2) is 5.96 Å². The Kier molecular flexibility index (Phi) is 3.91. The fourth-order valence-corrected chi connectivity index (χ4v) is 2.15. The SMILES string of the molecule is N=C(N)Nc1c(-c2ccccc2)ccc(C(=O)O)c1Cl. The van der Waals surface area contributed by atoms with E-state index in [1.807, 2.05) is 30.3 Å². The molecule has 0 spiro atoms. The molecule has 102 valence electrons. The molecule has 20 heavy (non-hydrogen) atoms. The van der Waals surface area contributed by atoms with Gasteiger partial charge in [0.25, 0.3) is 0 Å². The zero-order valence-corrected chi connectivity index (χ0v) is 11.1. The monoisotopic (exact) mass is 289 g/mol. The summed E-state index contributed by atoms with van der Waals surface area (Å²) in [6.45, 7) is 0. The Hall–Kier alpha value is -2.53. The number of carbonyl (C=O) groups is 1. The van der Waals surface area contributed by atoms with E-state index in [2.05, 4.69) is 5.32 Å². The maximum atomic E-state index is 11.1. The van der Waals surface area contributed by atoms with Crippen molar-refractivity contribution in [2.75, 3.05) is 5.32 Å². The van der Waals surface area contributed by atoms with Crippen LogP contribution in [0, 0.1) is 5.41 Å². The number of anilines is 1. The molecule has 5 nitrogen and oxygen atoms in total. The van der Waals surface area contributed by atoms with Crippen LogP contribution in [0.5, 0.6) is 0 Å². The van der Waals surface area contributed by atoms with Gasteiger partial charge in [-0.05, 0) is 11.6 Å². The second kappa shape index (κ2) is 5.63. The molecule has 0 bridgehead atoms. The smallest absolute Gasteiger partial charge is 0.337 e. The molecule has 2 rings (SSSR count). The minimum atomic E-state index is -1.14. The Bertz CT molecular complexity index is 672. The lowest BCUT2D eigenvalue weighted by Gasteiger charge is -2.14. The number of carboxylic acid groups (broad SMARTS) is 1. The maximum Gasteiger partial charge on any atom is 0.337 e. The van der Waals surface area contributed by atoms with Crippen LogP contribution in [0.25, 0.3) is 11.1 Å². The third kappa shape index (κ3) is 2.73. The zero-order chi connectivity index (χ0) is 14.7. The molecule has 6 heteroatoms. The van der Waals surface area contributed by atoms with Gasteiger partial charge in [0.2, 0.25) is 0 Å². The Morgan fingerprint density at radius 2 is 1.85 bits per heavy atom. The number of carboxylic acids is 1. The van der Waals surface area contributed by atoms with E-state index in [0.717, 1.165) is 5.56 Å². The average molecular weight is 290 g/mol. The number of hydrogen-bond donors (Lipinski definition) is 4. The van der Waals surface area contributed by atoms with Gasteiger partial charge in [0.1, 0.15) is 0 Å². The van der Waals surface area contributed by atoms with Crippen molar-refractivity contribution in [3.05, 3.63) is 53.1 Å². The number of halogens is 1. The first kappa shape index (κ1) is 13.9. The van der Waals surface area contributed by atoms with Crippen LogP contribution in [-0.4, -0.2) is 17.0 Å². The van der Waals surface area contributed by atoms with Crippen LogP contribution in [0.3, 0.4) is 0 Å². The summed E-state index contributed by atoms with van der Waals surface area (Å²) in [5.41, 5.74) is 7.12. The lowest BCUT2D eigenvalue weighted by molar-refractivity contribution is 0.0697. The van der Waals surface area contributed by atoms with E-state index >= 15 is 0 Å².